The highest BCUT2D eigenvalue weighted by atomic mass is 16.5. The van der Waals surface area contributed by atoms with Crippen LogP contribution in [0.2, 0.25) is 0 Å². The van der Waals surface area contributed by atoms with Gasteiger partial charge in [0.15, 0.2) is 0 Å². The Labute approximate surface area is 221 Å². The highest BCUT2D eigenvalue weighted by Gasteiger charge is 2.24. The molecule has 37 heavy (non-hydrogen) atoms. The Balaban J connectivity index is 3.38. The molecule has 0 fully saturated rings. The summed E-state index contributed by atoms with van der Waals surface area (Å²) in [6.07, 6.45) is 7.57. The quantitative estimate of drug-likeness (QED) is 0.160. The first-order chi connectivity index (χ1) is 18.1. The fourth-order valence-corrected chi connectivity index (χ4v) is 3.02. The Morgan fingerprint density at radius 2 is 1.08 bits per heavy atom. The van der Waals surface area contributed by atoms with Crippen molar-refractivity contribution in [1.29, 1.82) is 0 Å². The maximum atomic E-state index is 13.1. The molecule has 1 heterocycles. The molecule has 214 valence electrons. The van der Waals surface area contributed by atoms with E-state index in [1.807, 2.05) is 6.92 Å². The Bertz CT molecular complexity index is 713. The molecular formula is C25H48N6O6. The van der Waals surface area contributed by atoms with Crippen LogP contribution in [-0.4, -0.2) is 84.5 Å². The number of unbranched alkanes of at least 4 members (excludes halogenated alkanes) is 4. The first kappa shape index (κ1) is 32.9. The van der Waals surface area contributed by atoms with E-state index in [1.54, 1.807) is 4.90 Å². The molecular weight excluding hydrogens is 480 g/mol. The second kappa shape index (κ2) is 20.9. The number of rotatable bonds is 23. The average molecular weight is 529 g/mol. The number of amides is 1. The van der Waals surface area contributed by atoms with E-state index in [0.29, 0.717) is 26.2 Å². The maximum absolute atomic E-state index is 13.1. The first-order valence-electron chi connectivity index (χ1n) is 13.6. The molecule has 0 bridgehead atoms. The SMILES string of the molecule is CCCCOCN(COCCCC)c1nc(N(CO)CO)nc(N(COCCCC)C(=O)CCCC)n1. The minimum atomic E-state index is -0.518. The number of hydrogen-bond acceptors (Lipinski definition) is 11. The van der Waals surface area contributed by atoms with E-state index in [2.05, 4.69) is 35.7 Å². The standard InChI is InChI=1S/C25H48N6O6/c1-5-9-13-22(34)31(21-37-16-12-8-4)25-27-23(29(17-32)18-33)26-24(28-25)30(19-35-14-10-6-2)20-36-15-11-7-3/h32-33H,5-21H2,1-4H3. The zero-order valence-corrected chi connectivity index (χ0v) is 23.2. The van der Waals surface area contributed by atoms with Gasteiger partial charge in [-0.05, 0) is 25.7 Å². The maximum Gasteiger partial charge on any atom is 0.240 e. The second-order valence-electron chi connectivity index (χ2n) is 8.70. The third-order valence-electron chi connectivity index (χ3n) is 5.44. The van der Waals surface area contributed by atoms with Crippen molar-refractivity contribution in [2.75, 3.05) is 68.2 Å². The number of anilines is 3. The summed E-state index contributed by atoms with van der Waals surface area (Å²) in [5.41, 5.74) is 0. The normalized spacial score (nSPS) is 11.1. The molecule has 0 unspecified atom stereocenters. The number of carbonyl (C=O) groups is 1. The molecule has 0 saturated heterocycles. The summed E-state index contributed by atoms with van der Waals surface area (Å²) in [5.74, 6) is 0.142. The summed E-state index contributed by atoms with van der Waals surface area (Å²) < 4.78 is 17.4. The van der Waals surface area contributed by atoms with Crippen LogP contribution in [0.3, 0.4) is 0 Å². The minimum Gasteiger partial charge on any atom is -0.376 e. The van der Waals surface area contributed by atoms with Crippen LogP contribution in [0.4, 0.5) is 17.8 Å². The highest BCUT2D eigenvalue weighted by molar-refractivity contribution is 5.91. The lowest BCUT2D eigenvalue weighted by Gasteiger charge is -2.27. The van der Waals surface area contributed by atoms with Gasteiger partial charge < -0.3 is 24.4 Å². The first-order valence-corrected chi connectivity index (χ1v) is 13.6. The van der Waals surface area contributed by atoms with Crippen LogP contribution in [0.1, 0.15) is 85.5 Å². The lowest BCUT2D eigenvalue weighted by atomic mass is 10.2. The van der Waals surface area contributed by atoms with Crippen molar-refractivity contribution in [2.24, 2.45) is 0 Å². The van der Waals surface area contributed by atoms with E-state index in [4.69, 9.17) is 14.2 Å². The van der Waals surface area contributed by atoms with Gasteiger partial charge in [-0.1, -0.05) is 53.4 Å². The van der Waals surface area contributed by atoms with Gasteiger partial charge in [-0.3, -0.25) is 19.5 Å². The third-order valence-corrected chi connectivity index (χ3v) is 5.44. The van der Waals surface area contributed by atoms with Crippen LogP contribution in [0.5, 0.6) is 0 Å². The van der Waals surface area contributed by atoms with E-state index in [1.165, 1.54) is 4.90 Å². The van der Waals surface area contributed by atoms with Crippen LogP contribution in [0.15, 0.2) is 0 Å². The molecule has 0 saturated carbocycles. The van der Waals surface area contributed by atoms with Gasteiger partial charge in [-0.2, -0.15) is 15.0 Å². The number of nitrogens with zero attached hydrogens (tertiary/aromatic N) is 6. The molecule has 1 amide bonds. The average Bonchev–Trinajstić information content (AvgIpc) is 2.91. The number of aromatic nitrogens is 3. The van der Waals surface area contributed by atoms with Crippen LogP contribution < -0.4 is 14.7 Å². The van der Waals surface area contributed by atoms with Crippen LogP contribution in [0, 0.1) is 0 Å². The number of aliphatic hydroxyl groups is 2. The van der Waals surface area contributed by atoms with Gasteiger partial charge in [0, 0.05) is 26.2 Å². The molecule has 1 aromatic heterocycles. The largest absolute Gasteiger partial charge is 0.376 e. The molecule has 0 aliphatic rings. The minimum absolute atomic E-state index is 0.0102. The molecule has 1 aromatic rings. The van der Waals surface area contributed by atoms with Crippen molar-refractivity contribution in [3.63, 3.8) is 0 Å². The summed E-state index contributed by atoms with van der Waals surface area (Å²) in [4.78, 5) is 30.8. The van der Waals surface area contributed by atoms with Gasteiger partial charge in [0.05, 0.1) is 0 Å². The molecule has 0 aliphatic carbocycles. The van der Waals surface area contributed by atoms with E-state index in [-0.39, 0.29) is 43.9 Å². The summed E-state index contributed by atoms with van der Waals surface area (Å²) in [6.45, 7) is 9.19. The Hall–Kier alpha value is -2.12. The van der Waals surface area contributed by atoms with Gasteiger partial charge in [0.2, 0.25) is 23.8 Å². The van der Waals surface area contributed by atoms with E-state index in [0.717, 1.165) is 56.3 Å². The number of hydrogen-bond donors (Lipinski definition) is 2. The van der Waals surface area contributed by atoms with Crippen LogP contribution in [0.25, 0.3) is 0 Å². The zero-order chi connectivity index (χ0) is 27.3. The number of aliphatic hydroxyl groups excluding tert-OH is 2. The Morgan fingerprint density at radius 1 is 0.649 bits per heavy atom. The van der Waals surface area contributed by atoms with Crippen molar-refractivity contribution >= 4 is 23.8 Å². The molecule has 12 heteroatoms. The molecule has 0 aliphatic heterocycles. The fourth-order valence-electron chi connectivity index (χ4n) is 3.02. The predicted molar refractivity (Wildman–Crippen MR) is 143 cm³/mol. The van der Waals surface area contributed by atoms with Crippen molar-refractivity contribution < 1.29 is 29.2 Å². The van der Waals surface area contributed by atoms with E-state index in [9.17, 15) is 15.0 Å². The molecule has 0 aromatic carbocycles. The van der Waals surface area contributed by atoms with Gasteiger partial charge in [0.1, 0.15) is 33.7 Å². The predicted octanol–water partition coefficient (Wildman–Crippen LogP) is 3.23. The highest BCUT2D eigenvalue weighted by Crippen LogP contribution is 2.21. The van der Waals surface area contributed by atoms with Crippen LogP contribution >= 0.6 is 0 Å². The Kier molecular flexibility index (Phi) is 18.6. The van der Waals surface area contributed by atoms with Crippen molar-refractivity contribution in [2.45, 2.75) is 85.5 Å². The molecule has 0 atom stereocenters. The summed E-state index contributed by atoms with van der Waals surface area (Å²) in [6, 6.07) is 0. The molecule has 12 nitrogen and oxygen atoms in total. The van der Waals surface area contributed by atoms with E-state index < -0.39 is 13.5 Å². The van der Waals surface area contributed by atoms with Crippen molar-refractivity contribution in [3.8, 4) is 0 Å². The topological polar surface area (TPSA) is 134 Å². The Morgan fingerprint density at radius 3 is 1.54 bits per heavy atom. The monoisotopic (exact) mass is 528 g/mol. The summed E-state index contributed by atoms with van der Waals surface area (Å²) in [5, 5.41) is 19.5. The smallest absolute Gasteiger partial charge is 0.240 e. The van der Waals surface area contributed by atoms with Crippen LogP contribution in [-0.2, 0) is 19.0 Å². The molecule has 1 rings (SSSR count). The van der Waals surface area contributed by atoms with Crippen molar-refractivity contribution in [3.05, 3.63) is 0 Å². The van der Waals surface area contributed by atoms with Crippen molar-refractivity contribution in [1.82, 2.24) is 15.0 Å². The van der Waals surface area contributed by atoms with Gasteiger partial charge in [0.25, 0.3) is 0 Å². The molecule has 2 N–H and O–H groups in total. The number of carbonyl (C=O) groups excluding carboxylic acids is 1. The molecule has 0 radical (unpaired) electrons. The summed E-state index contributed by atoms with van der Waals surface area (Å²) >= 11 is 0. The van der Waals surface area contributed by atoms with Gasteiger partial charge in [-0.25, -0.2) is 0 Å². The van der Waals surface area contributed by atoms with E-state index >= 15 is 0 Å². The van der Waals surface area contributed by atoms with Gasteiger partial charge in [-0.15, -0.1) is 0 Å². The number of ether oxygens (including phenoxy) is 3. The second-order valence-corrected chi connectivity index (χ2v) is 8.70. The lowest BCUT2D eigenvalue weighted by molar-refractivity contribution is -0.120. The zero-order valence-electron chi connectivity index (χ0n) is 23.2. The van der Waals surface area contributed by atoms with Gasteiger partial charge >= 0.3 is 0 Å². The fraction of sp³-hybridized carbons (Fsp3) is 0.840. The third kappa shape index (κ3) is 12.8. The molecule has 0 spiro atoms. The summed E-state index contributed by atoms with van der Waals surface area (Å²) in [7, 11) is 0. The lowest BCUT2D eigenvalue weighted by Crippen LogP contribution is -2.38.